The lowest BCUT2D eigenvalue weighted by molar-refractivity contribution is -0.130. The van der Waals surface area contributed by atoms with Crippen LogP contribution in [0.4, 0.5) is 4.39 Å². The van der Waals surface area contributed by atoms with E-state index in [2.05, 4.69) is 5.32 Å². The maximum absolute atomic E-state index is 13.7. The monoisotopic (exact) mass is 352 g/mol. The van der Waals surface area contributed by atoms with Gasteiger partial charge in [0.2, 0.25) is 11.8 Å². The summed E-state index contributed by atoms with van der Waals surface area (Å²) in [5.41, 5.74) is 0.412. The van der Waals surface area contributed by atoms with Gasteiger partial charge in [0.25, 0.3) is 0 Å². The van der Waals surface area contributed by atoms with Gasteiger partial charge in [-0.3, -0.25) is 9.59 Å². The molecule has 130 valence electrons. The van der Waals surface area contributed by atoms with Crippen molar-refractivity contribution in [3.63, 3.8) is 0 Å². The van der Waals surface area contributed by atoms with Crippen molar-refractivity contribution in [2.24, 2.45) is 5.92 Å². The standard InChI is InChI=1S/C18H22ClFN2O2/c19-15-6-3-7-16(20)14(15)8-9-21-18(24)12-10-17(23)22(11-12)13-4-1-2-5-13/h3,6-7,12-13H,1-2,4-5,8-11H2,(H,21,24)/t12-/m0/s1. The largest absolute Gasteiger partial charge is 0.355 e. The molecular weight excluding hydrogens is 331 g/mol. The highest BCUT2D eigenvalue weighted by molar-refractivity contribution is 6.31. The minimum absolute atomic E-state index is 0.0826. The molecule has 3 rings (SSSR count). The van der Waals surface area contributed by atoms with E-state index in [1.807, 2.05) is 4.90 Å². The normalized spacial score (nSPS) is 21.5. The molecule has 6 heteroatoms. The maximum atomic E-state index is 13.7. The molecule has 1 aromatic carbocycles. The van der Waals surface area contributed by atoms with Crippen molar-refractivity contribution in [1.29, 1.82) is 0 Å². The molecule has 2 aliphatic rings. The molecule has 1 N–H and O–H groups in total. The van der Waals surface area contributed by atoms with Crippen LogP contribution in [0.25, 0.3) is 0 Å². The molecule has 0 spiro atoms. The fraction of sp³-hybridized carbons (Fsp3) is 0.556. The zero-order valence-corrected chi connectivity index (χ0v) is 14.3. The number of hydrogen-bond donors (Lipinski definition) is 1. The van der Waals surface area contributed by atoms with Crippen molar-refractivity contribution >= 4 is 23.4 Å². The van der Waals surface area contributed by atoms with Crippen LogP contribution in [0, 0.1) is 11.7 Å². The number of rotatable bonds is 5. The van der Waals surface area contributed by atoms with Crippen LogP contribution in [0.3, 0.4) is 0 Å². The first-order chi connectivity index (χ1) is 11.6. The fourth-order valence-electron chi connectivity index (χ4n) is 3.70. The van der Waals surface area contributed by atoms with Crippen molar-refractivity contribution in [3.8, 4) is 0 Å². The van der Waals surface area contributed by atoms with E-state index in [0.717, 1.165) is 25.7 Å². The van der Waals surface area contributed by atoms with E-state index in [1.165, 1.54) is 6.07 Å². The van der Waals surface area contributed by atoms with Crippen molar-refractivity contribution in [3.05, 3.63) is 34.6 Å². The molecule has 0 unspecified atom stereocenters. The van der Waals surface area contributed by atoms with E-state index in [-0.39, 0.29) is 30.0 Å². The summed E-state index contributed by atoms with van der Waals surface area (Å²) in [6, 6.07) is 4.86. The Labute approximate surface area is 146 Å². The number of nitrogens with one attached hydrogen (secondary N) is 1. The predicted molar refractivity (Wildman–Crippen MR) is 90.2 cm³/mol. The van der Waals surface area contributed by atoms with E-state index in [0.29, 0.717) is 36.1 Å². The summed E-state index contributed by atoms with van der Waals surface area (Å²) in [7, 11) is 0. The Morgan fingerprint density at radius 2 is 2.08 bits per heavy atom. The molecule has 1 saturated carbocycles. The minimum Gasteiger partial charge on any atom is -0.355 e. The van der Waals surface area contributed by atoms with E-state index in [9.17, 15) is 14.0 Å². The summed E-state index contributed by atoms with van der Waals surface area (Å²) in [4.78, 5) is 26.3. The Morgan fingerprint density at radius 3 is 2.79 bits per heavy atom. The summed E-state index contributed by atoms with van der Waals surface area (Å²) in [6.07, 6.45) is 5.04. The van der Waals surface area contributed by atoms with Crippen LogP contribution in [-0.4, -0.2) is 35.8 Å². The van der Waals surface area contributed by atoms with Crippen LogP contribution in [0.1, 0.15) is 37.7 Å². The molecule has 2 amide bonds. The third kappa shape index (κ3) is 3.72. The smallest absolute Gasteiger partial charge is 0.225 e. The van der Waals surface area contributed by atoms with Gasteiger partial charge in [0.05, 0.1) is 5.92 Å². The molecule has 1 saturated heterocycles. The second kappa shape index (κ2) is 7.51. The van der Waals surface area contributed by atoms with Gasteiger partial charge < -0.3 is 10.2 Å². The van der Waals surface area contributed by atoms with Gasteiger partial charge in [0.1, 0.15) is 5.82 Å². The average Bonchev–Trinajstić information content (AvgIpc) is 3.19. The summed E-state index contributed by atoms with van der Waals surface area (Å²) in [5, 5.41) is 3.18. The van der Waals surface area contributed by atoms with Crippen molar-refractivity contribution in [1.82, 2.24) is 10.2 Å². The molecule has 0 aromatic heterocycles. The lowest BCUT2D eigenvalue weighted by Gasteiger charge is -2.23. The van der Waals surface area contributed by atoms with Crippen molar-refractivity contribution in [2.45, 2.75) is 44.6 Å². The molecule has 0 radical (unpaired) electrons. The number of benzene rings is 1. The minimum atomic E-state index is -0.361. The maximum Gasteiger partial charge on any atom is 0.225 e. The van der Waals surface area contributed by atoms with Crippen LogP contribution in [0.15, 0.2) is 18.2 Å². The average molecular weight is 353 g/mol. The molecule has 1 heterocycles. The van der Waals surface area contributed by atoms with Gasteiger partial charge in [-0.05, 0) is 31.4 Å². The first-order valence-corrected chi connectivity index (χ1v) is 8.94. The number of amides is 2. The number of carbonyl (C=O) groups excluding carboxylic acids is 2. The van der Waals surface area contributed by atoms with Gasteiger partial charge in [0, 0.05) is 36.1 Å². The van der Waals surface area contributed by atoms with E-state index < -0.39 is 0 Å². The summed E-state index contributed by atoms with van der Waals surface area (Å²) < 4.78 is 13.7. The van der Waals surface area contributed by atoms with Gasteiger partial charge in [0.15, 0.2) is 0 Å². The summed E-state index contributed by atoms with van der Waals surface area (Å²) >= 11 is 5.98. The van der Waals surface area contributed by atoms with E-state index in [1.54, 1.807) is 12.1 Å². The lowest BCUT2D eigenvalue weighted by atomic mass is 10.1. The summed E-state index contributed by atoms with van der Waals surface area (Å²) in [5.74, 6) is -0.704. The number of nitrogens with zero attached hydrogens (tertiary/aromatic N) is 1. The Balaban J connectivity index is 1.50. The van der Waals surface area contributed by atoms with Crippen LogP contribution in [0.2, 0.25) is 5.02 Å². The number of halogens is 2. The Bertz CT molecular complexity index is 611. The Kier molecular flexibility index (Phi) is 5.39. The molecular formula is C18H22ClFN2O2. The van der Waals surface area contributed by atoms with Gasteiger partial charge in [-0.2, -0.15) is 0 Å². The second-order valence-corrected chi connectivity index (χ2v) is 7.03. The highest BCUT2D eigenvalue weighted by Gasteiger charge is 2.38. The Morgan fingerprint density at radius 1 is 1.33 bits per heavy atom. The molecule has 4 nitrogen and oxygen atoms in total. The quantitative estimate of drug-likeness (QED) is 0.885. The van der Waals surface area contributed by atoms with Crippen LogP contribution < -0.4 is 5.32 Å². The number of likely N-dealkylation sites (tertiary alicyclic amines) is 1. The Hall–Kier alpha value is -1.62. The van der Waals surface area contributed by atoms with Crippen LogP contribution >= 0.6 is 11.6 Å². The molecule has 0 bridgehead atoms. The first kappa shape index (κ1) is 17.2. The zero-order chi connectivity index (χ0) is 17.1. The molecule has 24 heavy (non-hydrogen) atoms. The van der Waals surface area contributed by atoms with Crippen molar-refractivity contribution in [2.75, 3.05) is 13.1 Å². The topological polar surface area (TPSA) is 49.4 Å². The molecule has 1 aromatic rings. The molecule has 1 aliphatic carbocycles. The van der Waals surface area contributed by atoms with E-state index in [4.69, 9.17) is 11.6 Å². The van der Waals surface area contributed by atoms with Crippen LogP contribution in [-0.2, 0) is 16.0 Å². The molecule has 1 atom stereocenters. The van der Waals surface area contributed by atoms with Crippen molar-refractivity contribution < 1.29 is 14.0 Å². The third-order valence-corrected chi connectivity index (χ3v) is 5.38. The predicted octanol–water partition coefficient (Wildman–Crippen LogP) is 2.93. The number of carbonyl (C=O) groups is 2. The van der Waals surface area contributed by atoms with Gasteiger partial charge in [-0.25, -0.2) is 4.39 Å². The van der Waals surface area contributed by atoms with Gasteiger partial charge in [-0.1, -0.05) is 30.5 Å². The first-order valence-electron chi connectivity index (χ1n) is 8.56. The number of hydrogen-bond acceptors (Lipinski definition) is 2. The van der Waals surface area contributed by atoms with Gasteiger partial charge >= 0.3 is 0 Å². The second-order valence-electron chi connectivity index (χ2n) is 6.63. The third-order valence-electron chi connectivity index (χ3n) is 5.03. The fourth-order valence-corrected chi connectivity index (χ4v) is 3.96. The highest BCUT2D eigenvalue weighted by atomic mass is 35.5. The van der Waals surface area contributed by atoms with Crippen LogP contribution in [0.5, 0.6) is 0 Å². The highest BCUT2D eigenvalue weighted by Crippen LogP contribution is 2.29. The molecule has 2 fully saturated rings. The van der Waals surface area contributed by atoms with E-state index >= 15 is 0 Å². The summed E-state index contributed by atoms with van der Waals surface area (Å²) in [6.45, 7) is 0.823. The lowest BCUT2D eigenvalue weighted by Crippen LogP contribution is -2.37. The van der Waals surface area contributed by atoms with Gasteiger partial charge in [-0.15, -0.1) is 0 Å². The zero-order valence-electron chi connectivity index (χ0n) is 13.6. The SMILES string of the molecule is O=C(NCCc1c(F)cccc1Cl)[C@H]1CC(=O)N(C2CCCC2)C1. The molecule has 1 aliphatic heterocycles.